The molecular formula is C16H26N2. The molecule has 1 aliphatic rings. The number of rotatable bonds is 6. The summed E-state index contributed by atoms with van der Waals surface area (Å²) in [4.78, 5) is 2.50. The first kappa shape index (κ1) is 13.6. The van der Waals surface area contributed by atoms with Gasteiger partial charge in [0.05, 0.1) is 0 Å². The Morgan fingerprint density at radius 1 is 1.28 bits per heavy atom. The fourth-order valence-corrected chi connectivity index (χ4v) is 2.55. The Labute approximate surface area is 111 Å². The maximum Gasteiger partial charge on any atom is 0.0446 e. The number of benzene rings is 1. The lowest BCUT2D eigenvalue weighted by Gasteiger charge is -2.29. The van der Waals surface area contributed by atoms with E-state index in [0.717, 1.165) is 12.5 Å². The highest BCUT2D eigenvalue weighted by Gasteiger charge is 2.31. The highest BCUT2D eigenvalue weighted by atomic mass is 15.2. The van der Waals surface area contributed by atoms with E-state index in [1.54, 1.807) is 0 Å². The SMILES string of the molecule is CNC(CN(C)C(C)C1CC1)c1ccc(C)cc1. The molecule has 2 unspecified atom stereocenters. The van der Waals surface area contributed by atoms with Gasteiger partial charge in [0, 0.05) is 18.6 Å². The minimum atomic E-state index is 0.428. The van der Waals surface area contributed by atoms with E-state index in [4.69, 9.17) is 0 Å². The zero-order chi connectivity index (χ0) is 13.1. The van der Waals surface area contributed by atoms with Crippen LogP contribution in [-0.2, 0) is 0 Å². The van der Waals surface area contributed by atoms with Gasteiger partial charge in [0.15, 0.2) is 0 Å². The van der Waals surface area contributed by atoms with Crippen molar-refractivity contribution in [2.24, 2.45) is 5.92 Å². The van der Waals surface area contributed by atoms with Crippen LogP contribution < -0.4 is 5.32 Å². The fraction of sp³-hybridized carbons (Fsp3) is 0.625. The molecule has 2 heteroatoms. The minimum Gasteiger partial charge on any atom is -0.312 e. The predicted octanol–water partition coefficient (Wildman–Crippen LogP) is 2.99. The van der Waals surface area contributed by atoms with Crippen molar-refractivity contribution in [3.05, 3.63) is 35.4 Å². The molecule has 0 aromatic heterocycles. The monoisotopic (exact) mass is 246 g/mol. The van der Waals surface area contributed by atoms with Gasteiger partial charge in [-0.05, 0) is 52.3 Å². The smallest absolute Gasteiger partial charge is 0.0446 e. The summed E-state index contributed by atoms with van der Waals surface area (Å²) in [5.41, 5.74) is 2.71. The number of nitrogens with zero attached hydrogens (tertiary/aromatic N) is 1. The van der Waals surface area contributed by atoms with E-state index in [1.165, 1.54) is 24.0 Å². The Morgan fingerprint density at radius 3 is 2.39 bits per heavy atom. The Kier molecular flexibility index (Phi) is 4.41. The minimum absolute atomic E-state index is 0.428. The molecule has 2 rings (SSSR count). The van der Waals surface area contributed by atoms with Gasteiger partial charge in [0.2, 0.25) is 0 Å². The number of hydrogen-bond acceptors (Lipinski definition) is 2. The summed E-state index contributed by atoms with van der Waals surface area (Å²) in [6.07, 6.45) is 2.83. The van der Waals surface area contributed by atoms with Crippen molar-refractivity contribution < 1.29 is 0 Å². The van der Waals surface area contributed by atoms with E-state index in [-0.39, 0.29) is 0 Å². The summed E-state index contributed by atoms with van der Waals surface area (Å²) in [6, 6.07) is 10.0. The van der Waals surface area contributed by atoms with Gasteiger partial charge >= 0.3 is 0 Å². The molecule has 0 amide bonds. The van der Waals surface area contributed by atoms with Gasteiger partial charge in [-0.25, -0.2) is 0 Å². The Balaban J connectivity index is 1.97. The van der Waals surface area contributed by atoms with E-state index in [0.29, 0.717) is 12.1 Å². The molecule has 1 aromatic carbocycles. The summed E-state index contributed by atoms with van der Waals surface area (Å²) >= 11 is 0. The second kappa shape index (κ2) is 5.85. The van der Waals surface area contributed by atoms with Crippen molar-refractivity contribution in [1.82, 2.24) is 10.2 Å². The maximum absolute atomic E-state index is 3.44. The third-order valence-electron chi connectivity index (χ3n) is 4.30. The quantitative estimate of drug-likeness (QED) is 0.830. The highest BCUT2D eigenvalue weighted by molar-refractivity contribution is 5.24. The second-order valence-corrected chi connectivity index (χ2v) is 5.77. The van der Waals surface area contributed by atoms with Crippen molar-refractivity contribution in [3.8, 4) is 0 Å². The van der Waals surface area contributed by atoms with Crippen LogP contribution in [-0.4, -0.2) is 31.6 Å². The van der Waals surface area contributed by atoms with Crippen LogP contribution in [0.2, 0.25) is 0 Å². The predicted molar refractivity (Wildman–Crippen MR) is 77.8 cm³/mol. The van der Waals surface area contributed by atoms with Gasteiger partial charge in [-0.2, -0.15) is 0 Å². The van der Waals surface area contributed by atoms with E-state index in [1.807, 2.05) is 0 Å². The lowest BCUT2D eigenvalue weighted by Crippen LogP contribution is -2.37. The van der Waals surface area contributed by atoms with E-state index >= 15 is 0 Å². The summed E-state index contributed by atoms with van der Waals surface area (Å²) < 4.78 is 0. The summed E-state index contributed by atoms with van der Waals surface area (Å²) in [5, 5.41) is 3.44. The van der Waals surface area contributed by atoms with E-state index in [9.17, 15) is 0 Å². The molecule has 1 fully saturated rings. The molecule has 0 spiro atoms. The number of hydrogen-bond donors (Lipinski definition) is 1. The average molecular weight is 246 g/mol. The number of aryl methyl sites for hydroxylation is 1. The van der Waals surface area contributed by atoms with E-state index in [2.05, 4.69) is 62.4 Å². The molecule has 1 aromatic rings. The van der Waals surface area contributed by atoms with Crippen molar-refractivity contribution >= 4 is 0 Å². The Hall–Kier alpha value is -0.860. The maximum atomic E-state index is 3.44. The van der Waals surface area contributed by atoms with Crippen LogP contribution in [0.1, 0.15) is 36.9 Å². The van der Waals surface area contributed by atoms with Gasteiger partial charge in [0.1, 0.15) is 0 Å². The van der Waals surface area contributed by atoms with E-state index < -0.39 is 0 Å². The van der Waals surface area contributed by atoms with Crippen LogP contribution in [0.25, 0.3) is 0 Å². The second-order valence-electron chi connectivity index (χ2n) is 5.77. The molecular weight excluding hydrogens is 220 g/mol. The topological polar surface area (TPSA) is 15.3 Å². The molecule has 1 aliphatic carbocycles. The first-order chi connectivity index (χ1) is 8.61. The van der Waals surface area contributed by atoms with Crippen LogP contribution in [0.3, 0.4) is 0 Å². The average Bonchev–Trinajstić information content (AvgIpc) is 3.20. The lowest BCUT2D eigenvalue weighted by atomic mass is 10.0. The molecule has 0 saturated heterocycles. The number of nitrogens with one attached hydrogen (secondary N) is 1. The van der Waals surface area contributed by atoms with Crippen molar-refractivity contribution in [2.75, 3.05) is 20.6 Å². The zero-order valence-electron chi connectivity index (χ0n) is 12.1. The first-order valence-electron chi connectivity index (χ1n) is 7.06. The lowest BCUT2D eigenvalue weighted by molar-refractivity contribution is 0.213. The molecule has 100 valence electrons. The van der Waals surface area contributed by atoms with Gasteiger partial charge < -0.3 is 10.2 Å². The summed E-state index contributed by atoms with van der Waals surface area (Å²) in [5.74, 6) is 0.936. The Morgan fingerprint density at radius 2 is 1.89 bits per heavy atom. The van der Waals surface area contributed by atoms with Gasteiger partial charge in [0.25, 0.3) is 0 Å². The largest absolute Gasteiger partial charge is 0.312 e. The standard InChI is InChI=1S/C16H26N2/c1-12-5-7-15(8-6-12)16(17-3)11-18(4)13(2)14-9-10-14/h5-8,13-14,16-17H,9-11H2,1-4H3. The van der Waals surface area contributed by atoms with Crippen LogP contribution in [0.4, 0.5) is 0 Å². The highest BCUT2D eigenvalue weighted by Crippen LogP contribution is 2.35. The number of likely N-dealkylation sites (N-methyl/N-ethyl adjacent to an activating group) is 2. The third-order valence-corrected chi connectivity index (χ3v) is 4.30. The molecule has 2 atom stereocenters. The van der Waals surface area contributed by atoms with Crippen molar-refractivity contribution in [2.45, 2.75) is 38.8 Å². The molecule has 1 saturated carbocycles. The van der Waals surface area contributed by atoms with Crippen LogP contribution in [0.15, 0.2) is 24.3 Å². The van der Waals surface area contributed by atoms with Crippen molar-refractivity contribution in [3.63, 3.8) is 0 Å². The van der Waals surface area contributed by atoms with Crippen LogP contribution >= 0.6 is 0 Å². The molecule has 0 bridgehead atoms. The molecule has 2 nitrogen and oxygen atoms in total. The third kappa shape index (κ3) is 3.33. The van der Waals surface area contributed by atoms with Crippen LogP contribution in [0.5, 0.6) is 0 Å². The van der Waals surface area contributed by atoms with Gasteiger partial charge in [-0.3, -0.25) is 0 Å². The molecule has 0 aliphatic heterocycles. The van der Waals surface area contributed by atoms with Gasteiger partial charge in [-0.1, -0.05) is 29.8 Å². The van der Waals surface area contributed by atoms with Crippen molar-refractivity contribution in [1.29, 1.82) is 0 Å². The summed E-state index contributed by atoms with van der Waals surface area (Å²) in [6.45, 7) is 5.58. The Bertz CT molecular complexity index is 367. The fourth-order valence-electron chi connectivity index (χ4n) is 2.55. The molecule has 18 heavy (non-hydrogen) atoms. The van der Waals surface area contributed by atoms with Crippen LogP contribution in [0, 0.1) is 12.8 Å². The molecule has 0 radical (unpaired) electrons. The molecule has 0 heterocycles. The molecule has 1 N–H and O–H groups in total. The summed E-state index contributed by atoms with van der Waals surface area (Å²) in [7, 11) is 4.31. The first-order valence-corrected chi connectivity index (χ1v) is 7.06. The van der Waals surface area contributed by atoms with Gasteiger partial charge in [-0.15, -0.1) is 0 Å². The zero-order valence-corrected chi connectivity index (χ0v) is 12.1. The normalized spacial score (nSPS) is 18.9.